The number of hydrogen-bond acceptors (Lipinski definition) is 10. The summed E-state index contributed by atoms with van der Waals surface area (Å²) >= 11 is 0. The van der Waals surface area contributed by atoms with Gasteiger partial charge in [-0.3, -0.25) is 14.9 Å². The largest absolute Gasteiger partial charge is 0.444 e. The summed E-state index contributed by atoms with van der Waals surface area (Å²) in [6.45, 7) is 13.3. The summed E-state index contributed by atoms with van der Waals surface area (Å²) in [4.78, 5) is 39.3. The van der Waals surface area contributed by atoms with Gasteiger partial charge in [-0.15, -0.1) is 12.4 Å². The smallest absolute Gasteiger partial charge is 0.412 e. The van der Waals surface area contributed by atoms with Gasteiger partial charge in [0.05, 0.1) is 34.8 Å². The van der Waals surface area contributed by atoms with Crippen molar-refractivity contribution in [2.75, 3.05) is 24.1 Å². The van der Waals surface area contributed by atoms with Gasteiger partial charge < -0.3 is 26.8 Å². The molecule has 82 heavy (non-hydrogen) atoms. The number of nitrogens with two attached hydrogens (primary N) is 2. The van der Waals surface area contributed by atoms with Crippen LogP contribution < -0.4 is 27.4 Å². The number of carbonyl (C=O) groups is 3. The Balaban J connectivity index is 0.000000215. The number of ketones is 2. The number of benzene rings is 6. The van der Waals surface area contributed by atoms with E-state index in [2.05, 4.69) is 33.1 Å². The Labute approximate surface area is 485 Å². The van der Waals surface area contributed by atoms with Crippen LogP contribution in [-0.2, 0) is 30.5 Å². The second-order valence-electron chi connectivity index (χ2n) is 22.4. The molecular formula is C66H74ClF2N9O4. The number of aromatic nitrogens is 4. The molecule has 2 aliphatic carbocycles. The molecule has 0 spiro atoms. The fourth-order valence-electron chi connectivity index (χ4n) is 9.80. The maximum Gasteiger partial charge on any atom is 0.412 e. The first-order chi connectivity index (χ1) is 38.9. The first-order valence-electron chi connectivity index (χ1n) is 28.0. The lowest BCUT2D eigenvalue weighted by Gasteiger charge is -2.22. The molecular weight excluding hydrogens is 1060 g/mol. The first kappa shape index (κ1) is 60.3. The molecule has 0 radical (unpaired) electrons. The highest BCUT2D eigenvalue weighted by atomic mass is 35.5. The van der Waals surface area contributed by atoms with Crippen LogP contribution in [0.15, 0.2) is 146 Å². The third-order valence-corrected chi connectivity index (χ3v) is 14.5. The number of anilines is 2. The van der Waals surface area contributed by atoms with Gasteiger partial charge in [0.2, 0.25) is 0 Å². The van der Waals surface area contributed by atoms with Gasteiger partial charge in [-0.25, -0.2) is 22.9 Å². The van der Waals surface area contributed by atoms with Gasteiger partial charge in [-0.2, -0.15) is 10.2 Å². The second-order valence-corrected chi connectivity index (χ2v) is 22.4. The van der Waals surface area contributed by atoms with Crippen molar-refractivity contribution >= 4 is 41.4 Å². The summed E-state index contributed by atoms with van der Waals surface area (Å²) in [6.07, 6.45) is 5.03. The van der Waals surface area contributed by atoms with Crippen molar-refractivity contribution in [2.24, 2.45) is 17.6 Å². The normalized spacial score (nSPS) is 13.8. The predicted octanol–water partition coefficient (Wildman–Crippen LogP) is 13.0. The van der Waals surface area contributed by atoms with Gasteiger partial charge in [-0.05, 0) is 209 Å². The van der Waals surface area contributed by atoms with E-state index in [-0.39, 0.29) is 48.9 Å². The van der Waals surface area contributed by atoms with E-state index in [1.165, 1.54) is 37.8 Å². The van der Waals surface area contributed by atoms with Gasteiger partial charge in [0.25, 0.3) is 0 Å². The molecule has 2 fully saturated rings. The van der Waals surface area contributed by atoms with Crippen LogP contribution in [0.1, 0.15) is 142 Å². The molecule has 7 N–H and O–H groups in total. The number of carbonyl (C=O) groups excluding carboxylic acids is 3. The highest BCUT2D eigenvalue weighted by Gasteiger charge is 2.27. The Morgan fingerprint density at radius 1 is 0.622 bits per heavy atom. The van der Waals surface area contributed by atoms with Crippen molar-refractivity contribution in [1.29, 1.82) is 0 Å². The molecule has 2 unspecified atom stereocenters. The van der Waals surface area contributed by atoms with Crippen LogP contribution in [0, 0.1) is 37.3 Å². The molecule has 428 valence electrons. The SMILES string of the molecule is CCc1cccc(-n2nc(C)cc2C(=O)Cc2cc(C(NCC3CC3)c3ccc(NC(=O)OC(C)(C)C)cc3)ccc2F)c1.Cc1cc(C(=O)Cc2cc(C(NCC3CC3)c3ccc(N)cc3)ccc2F)n(-c2cccc(CN)c2)n1.Cl. The number of aryl methyl sites for hydroxylation is 3. The van der Waals surface area contributed by atoms with E-state index in [9.17, 15) is 18.8 Å². The molecule has 2 atom stereocenters. The molecule has 0 saturated heterocycles. The molecule has 2 aliphatic rings. The number of ether oxygens (including phenoxy) is 1. The third-order valence-electron chi connectivity index (χ3n) is 14.5. The minimum absolute atomic E-state index is 0. The van der Waals surface area contributed by atoms with Crippen molar-refractivity contribution in [1.82, 2.24) is 30.2 Å². The average Bonchev–Trinajstić information content (AvgIpc) is 4.50. The number of nitrogens with one attached hydrogen (secondary N) is 3. The molecule has 8 aromatic rings. The Bertz CT molecular complexity index is 3510. The quantitative estimate of drug-likeness (QED) is 0.0343. The Morgan fingerprint density at radius 2 is 1.06 bits per heavy atom. The molecule has 2 aromatic heterocycles. The number of nitrogen functional groups attached to an aromatic ring is 1. The van der Waals surface area contributed by atoms with Gasteiger partial charge in [0.15, 0.2) is 11.6 Å². The molecule has 13 nitrogen and oxygen atoms in total. The van der Waals surface area contributed by atoms with Crippen molar-refractivity contribution in [3.05, 3.63) is 225 Å². The van der Waals surface area contributed by atoms with Crippen LogP contribution in [0.5, 0.6) is 0 Å². The molecule has 0 aliphatic heterocycles. The molecule has 2 saturated carbocycles. The lowest BCUT2D eigenvalue weighted by Crippen LogP contribution is -2.27. The highest BCUT2D eigenvalue weighted by Crippen LogP contribution is 2.33. The molecule has 1 amide bonds. The van der Waals surface area contributed by atoms with Gasteiger partial charge in [-0.1, -0.05) is 79.7 Å². The number of Topliss-reactive ketones (excluding diaryl/α,β-unsaturated/α-hetero) is 2. The zero-order valence-electron chi connectivity index (χ0n) is 47.5. The van der Waals surface area contributed by atoms with E-state index in [1.54, 1.807) is 45.8 Å². The van der Waals surface area contributed by atoms with Crippen molar-refractivity contribution < 1.29 is 27.9 Å². The zero-order valence-corrected chi connectivity index (χ0v) is 48.3. The van der Waals surface area contributed by atoms with Crippen molar-refractivity contribution in [3.63, 3.8) is 0 Å². The second kappa shape index (κ2) is 26.8. The van der Waals surface area contributed by atoms with E-state index in [0.717, 1.165) is 70.0 Å². The Morgan fingerprint density at radius 3 is 1.50 bits per heavy atom. The van der Waals surface area contributed by atoms with Crippen LogP contribution in [0.4, 0.5) is 25.0 Å². The summed E-state index contributed by atoms with van der Waals surface area (Å²) in [5.41, 5.74) is 22.8. The molecule has 16 heteroatoms. The topological polar surface area (TPSA) is 184 Å². The summed E-state index contributed by atoms with van der Waals surface area (Å²) in [7, 11) is 0. The number of rotatable bonds is 21. The molecule has 10 rings (SSSR count). The summed E-state index contributed by atoms with van der Waals surface area (Å²) < 4.78 is 38.8. The lowest BCUT2D eigenvalue weighted by atomic mass is 9.94. The van der Waals surface area contributed by atoms with E-state index < -0.39 is 23.3 Å². The van der Waals surface area contributed by atoms with E-state index in [1.807, 2.05) is 132 Å². The summed E-state index contributed by atoms with van der Waals surface area (Å²) in [5.74, 6) is 0.0771. The van der Waals surface area contributed by atoms with Crippen molar-refractivity contribution in [3.8, 4) is 11.4 Å². The highest BCUT2D eigenvalue weighted by molar-refractivity contribution is 5.97. The monoisotopic (exact) mass is 1130 g/mol. The first-order valence-corrected chi connectivity index (χ1v) is 28.0. The molecule has 2 heterocycles. The molecule has 6 aromatic carbocycles. The van der Waals surface area contributed by atoms with Gasteiger partial charge in [0, 0.05) is 30.8 Å². The fraction of sp³-hybridized carbons (Fsp3) is 0.318. The standard InChI is InChI=1S/C36H41FN4O3.C30H32FN5O.ClH/c1-6-24-8-7-9-30(19-24)41-32(18-23(2)40-41)33(42)21-28-20-27(14-17-31(28)37)34(38-22-25-10-11-25)26-12-15-29(16-13-26)39-35(43)44-36(3,4)5;1-19-13-28(36(35-19)26-4-2-3-21(14-26)17-32)29(37)16-24-15-23(9-12-27(24)31)30(34-18-20-5-6-20)22-7-10-25(33)11-8-22;/h7-9,12-20,25,34,38H,6,10-11,21-22H2,1-5H3,(H,39,43);2-4,7-15,20,30,34H,5-6,16-18,32-33H2,1H3;1H. The molecule has 0 bridgehead atoms. The number of hydrogen-bond donors (Lipinski definition) is 5. The fourth-order valence-corrected chi connectivity index (χ4v) is 9.80. The average molecular weight is 1130 g/mol. The Kier molecular flexibility index (Phi) is 19.7. The van der Waals surface area contributed by atoms with Crippen LogP contribution in [0.2, 0.25) is 0 Å². The zero-order chi connectivity index (χ0) is 57.4. The minimum Gasteiger partial charge on any atom is -0.444 e. The Hall–Kier alpha value is -7.82. The third kappa shape index (κ3) is 16.0. The number of amides is 1. The van der Waals surface area contributed by atoms with E-state index >= 15 is 4.39 Å². The van der Waals surface area contributed by atoms with Crippen LogP contribution >= 0.6 is 12.4 Å². The van der Waals surface area contributed by atoms with Crippen LogP contribution in [0.3, 0.4) is 0 Å². The minimum atomic E-state index is -0.595. The number of halogens is 3. The predicted molar refractivity (Wildman–Crippen MR) is 322 cm³/mol. The maximum atomic E-state index is 15.2. The lowest BCUT2D eigenvalue weighted by molar-refractivity contribution is 0.0635. The van der Waals surface area contributed by atoms with Crippen molar-refractivity contribution in [2.45, 2.75) is 111 Å². The van der Waals surface area contributed by atoms with E-state index in [4.69, 9.17) is 16.2 Å². The number of nitrogens with zero attached hydrogens (tertiary/aromatic N) is 4. The van der Waals surface area contributed by atoms with Crippen LogP contribution in [0.25, 0.3) is 11.4 Å². The van der Waals surface area contributed by atoms with Crippen LogP contribution in [-0.4, -0.2) is 55.9 Å². The van der Waals surface area contributed by atoms with Gasteiger partial charge in [0.1, 0.15) is 28.6 Å². The van der Waals surface area contributed by atoms with Gasteiger partial charge >= 0.3 is 6.09 Å². The van der Waals surface area contributed by atoms with E-state index in [0.29, 0.717) is 58.0 Å². The summed E-state index contributed by atoms with van der Waals surface area (Å²) in [5, 5.41) is 19.1. The summed E-state index contributed by atoms with van der Waals surface area (Å²) in [6, 6.07) is 44.0. The maximum absolute atomic E-state index is 15.2.